The van der Waals surface area contributed by atoms with E-state index in [4.69, 9.17) is 0 Å². The first-order valence-electron chi connectivity index (χ1n) is 1.50. The van der Waals surface area contributed by atoms with Crippen molar-refractivity contribution in [2.75, 3.05) is 0 Å². The van der Waals surface area contributed by atoms with Crippen molar-refractivity contribution < 1.29 is 294 Å². The van der Waals surface area contributed by atoms with Crippen LogP contribution in [0.4, 0.5) is 0 Å². The van der Waals surface area contributed by atoms with Gasteiger partial charge in [-0.3, -0.25) is 0 Å². The summed E-state index contributed by atoms with van der Waals surface area (Å²) in [5.74, 6) is 0. The van der Waals surface area contributed by atoms with Gasteiger partial charge in [0.2, 0.25) is 0 Å². The first-order valence-corrected chi connectivity index (χ1v) is 1.50. The zero-order valence-electron chi connectivity index (χ0n) is 8.02. The molecule has 53 valence electrons. The van der Waals surface area contributed by atoms with Crippen LogP contribution in [-0.2, 0) is 294 Å². The quantitative estimate of drug-likeness (QED) is 0.351. The van der Waals surface area contributed by atoms with Crippen LogP contribution in [0.1, 0.15) is 12.8 Å². The van der Waals surface area contributed by atoms with E-state index in [1.807, 2.05) is 0 Å². The van der Waals surface area contributed by atoms with Gasteiger partial charge in [-0.1, -0.05) is 0 Å². The summed E-state index contributed by atoms with van der Waals surface area (Å²) in [4.78, 5) is 0. The fourth-order valence-corrected chi connectivity index (χ4v) is 0. The number of hydrogen-bond acceptors (Lipinski definition) is 0. The summed E-state index contributed by atoms with van der Waals surface area (Å²) in [7, 11) is 0. The Hall–Kier alpha value is 9.94. The van der Waals surface area contributed by atoms with Crippen LogP contribution in [0.5, 0.6) is 0 Å². The fourth-order valence-electron chi connectivity index (χ4n) is 0. The van der Waals surface area contributed by atoms with E-state index in [-0.39, 0.29) is 294 Å². The summed E-state index contributed by atoms with van der Waals surface area (Å²) >= 11 is 0. The van der Waals surface area contributed by atoms with Crippen molar-refractivity contribution in [3.05, 3.63) is 13.8 Å². The first-order chi connectivity index (χ1) is 1.91. The molecule has 0 nitrogen and oxygen atoms in total. The van der Waals surface area contributed by atoms with Crippen molar-refractivity contribution in [2.24, 2.45) is 0 Å². The monoisotopic (exact) mass is 856 g/mol. The van der Waals surface area contributed by atoms with Crippen LogP contribution in [0.2, 0.25) is 0 Å². The Morgan fingerprint density at radius 3 is 0.462 bits per heavy atom. The minimum Gasteiger partial charge on any atom is -0.346 e. The van der Waals surface area contributed by atoms with Crippen LogP contribution in [-0.4, -0.2) is 0 Å². The molecule has 0 aromatic heterocycles. The fraction of sp³-hybridized carbons (Fsp3) is 0.500. The maximum Gasteiger partial charge on any atom is 0 e. The van der Waals surface area contributed by atoms with Crippen molar-refractivity contribution in [1.29, 1.82) is 0 Å². The summed E-state index contributed by atoms with van der Waals surface area (Å²) in [5.41, 5.74) is 0. The van der Waals surface area contributed by atoms with Crippen LogP contribution in [0.3, 0.4) is 0 Å². The first kappa shape index (κ1) is 66.0. The van der Waals surface area contributed by atoms with Crippen molar-refractivity contribution in [3.63, 3.8) is 0 Å². The Balaban J connectivity index is -0.00000000125. The Labute approximate surface area is 310 Å². The summed E-state index contributed by atoms with van der Waals surface area (Å²) in [6.45, 7) is 7.08. The molecule has 0 bridgehead atoms. The third-order valence-electron chi connectivity index (χ3n) is 0.250. The number of unbranched alkanes of at least 4 members (excludes halogenated alkanes) is 1. The Kier molecular flexibility index (Phi) is 342. The van der Waals surface area contributed by atoms with E-state index in [1.165, 1.54) is 0 Å². The Morgan fingerprint density at radius 2 is 0.462 bits per heavy atom. The van der Waals surface area contributed by atoms with E-state index < -0.39 is 0 Å². The van der Waals surface area contributed by atoms with E-state index in [2.05, 4.69) is 13.8 Å². The smallest absolute Gasteiger partial charge is 0 e. The van der Waals surface area contributed by atoms with Gasteiger partial charge in [-0.25, -0.2) is 12.8 Å². The standard InChI is InChI=1S/C4H8.9Y/c1-3-4-2;;;;;;;;;/h1-4H2;;;;;;;;;/q-2;;;;;;;;;. The third-order valence-corrected chi connectivity index (χ3v) is 0.250. The van der Waals surface area contributed by atoms with Gasteiger partial charge in [0.1, 0.15) is 0 Å². The predicted molar refractivity (Wildman–Crippen MR) is 19.9 cm³/mol. The molecule has 0 amide bonds. The second-order valence-corrected chi connectivity index (χ2v) is 0.707. The molecule has 9 radical (unpaired) electrons. The largest absolute Gasteiger partial charge is 0.346 e. The number of hydrogen-bond donors (Lipinski definition) is 0. The molecule has 0 saturated heterocycles. The minimum atomic E-state index is 0. The van der Waals surface area contributed by atoms with Crippen LogP contribution >= 0.6 is 0 Å². The molecule has 0 N–H and O–H groups in total. The maximum atomic E-state index is 3.54. The zero-order valence-corrected chi connectivity index (χ0v) is 33.6. The molecular weight excluding hydrogens is 848 g/mol. The SMILES string of the molecule is [CH2-]CC[CH2-].[Y].[Y].[Y].[Y].[Y].[Y].[Y].[Y].[Y]. The molecule has 0 fully saturated rings. The van der Waals surface area contributed by atoms with Crippen molar-refractivity contribution in [2.45, 2.75) is 12.8 Å². The van der Waals surface area contributed by atoms with E-state index >= 15 is 0 Å². The van der Waals surface area contributed by atoms with Gasteiger partial charge < -0.3 is 13.8 Å². The second-order valence-electron chi connectivity index (χ2n) is 0.707. The van der Waals surface area contributed by atoms with Crippen molar-refractivity contribution >= 4 is 0 Å². The van der Waals surface area contributed by atoms with Gasteiger partial charge in [0.25, 0.3) is 0 Å². The molecular formula is C4H8Y9-2. The van der Waals surface area contributed by atoms with Gasteiger partial charge in [0.15, 0.2) is 0 Å². The average molecular weight is 856 g/mol. The van der Waals surface area contributed by atoms with Crippen LogP contribution in [0.15, 0.2) is 0 Å². The van der Waals surface area contributed by atoms with Crippen molar-refractivity contribution in [3.8, 4) is 0 Å². The van der Waals surface area contributed by atoms with Gasteiger partial charge in [-0.2, -0.15) is 0 Å². The van der Waals surface area contributed by atoms with E-state index in [1.54, 1.807) is 0 Å². The minimum absolute atomic E-state index is 0. The van der Waals surface area contributed by atoms with Gasteiger partial charge in [-0.05, 0) is 0 Å². The molecule has 0 aliphatic heterocycles. The zero-order chi connectivity index (χ0) is 3.41. The second kappa shape index (κ2) is 67.5. The third kappa shape index (κ3) is 72.9. The molecule has 13 heavy (non-hydrogen) atoms. The predicted octanol–water partition coefficient (Wildman–Crippen LogP) is 1.41. The molecule has 0 rings (SSSR count). The molecule has 9 heteroatoms. The van der Waals surface area contributed by atoms with Gasteiger partial charge in [0.05, 0.1) is 0 Å². The number of rotatable bonds is 1. The van der Waals surface area contributed by atoms with Crippen LogP contribution in [0, 0.1) is 13.8 Å². The molecule has 0 heterocycles. The summed E-state index contributed by atoms with van der Waals surface area (Å²) < 4.78 is 0. The maximum absolute atomic E-state index is 3.54. The van der Waals surface area contributed by atoms with Gasteiger partial charge in [0, 0.05) is 294 Å². The molecule has 0 aromatic rings. The molecule has 0 saturated carbocycles. The molecule has 0 aliphatic carbocycles. The van der Waals surface area contributed by atoms with E-state index in [0.29, 0.717) is 0 Å². The Bertz CT molecular complexity index is 13.6. The molecule has 0 aromatic carbocycles. The summed E-state index contributed by atoms with van der Waals surface area (Å²) in [5, 5.41) is 0. The molecule has 0 atom stereocenters. The van der Waals surface area contributed by atoms with Crippen molar-refractivity contribution in [1.82, 2.24) is 0 Å². The normalized spacial score (nSPS) is 2.31. The topological polar surface area (TPSA) is 0 Å². The van der Waals surface area contributed by atoms with Crippen LogP contribution in [0.25, 0.3) is 0 Å². The molecule has 0 unspecified atom stereocenters. The molecule has 0 aliphatic rings. The summed E-state index contributed by atoms with van der Waals surface area (Å²) in [6, 6.07) is 0. The Morgan fingerprint density at radius 1 is 0.385 bits per heavy atom. The van der Waals surface area contributed by atoms with Crippen LogP contribution < -0.4 is 0 Å². The average Bonchev–Trinajstić information content (AvgIpc) is 1.37. The van der Waals surface area contributed by atoms with Gasteiger partial charge >= 0.3 is 0 Å². The summed E-state index contributed by atoms with van der Waals surface area (Å²) in [6.07, 6.45) is 1.92. The molecule has 0 spiro atoms. The van der Waals surface area contributed by atoms with E-state index in [9.17, 15) is 0 Å². The van der Waals surface area contributed by atoms with Gasteiger partial charge in [-0.15, -0.1) is 0 Å². The van der Waals surface area contributed by atoms with E-state index in [0.717, 1.165) is 12.8 Å².